The lowest BCUT2D eigenvalue weighted by molar-refractivity contribution is 0.0694. The molecular formula is C26H30ClFN2O5. The van der Waals surface area contributed by atoms with Crippen molar-refractivity contribution in [2.24, 2.45) is 5.92 Å². The van der Waals surface area contributed by atoms with Gasteiger partial charge in [0.25, 0.3) is 0 Å². The quantitative estimate of drug-likeness (QED) is 0.429. The van der Waals surface area contributed by atoms with E-state index in [1.165, 1.54) is 12.3 Å². The molecule has 0 radical (unpaired) electrons. The zero-order valence-electron chi connectivity index (χ0n) is 20.2. The molecule has 2 aromatic carbocycles. The van der Waals surface area contributed by atoms with Crippen LogP contribution in [0.4, 0.5) is 4.39 Å². The van der Waals surface area contributed by atoms with Crippen molar-refractivity contribution in [2.45, 2.75) is 26.3 Å². The number of pyridine rings is 1. The summed E-state index contributed by atoms with van der Waals surface area (Å²) < 4.78 is 22.4. The first-order valence-electron chi connectivity index (χ1n) is 11.3. The predicted octanol–water partition coefficient (Wildman–Crippen LogP) is 4.21. The highest BCUT2D eigenvalue weighted by Gasteiger charge is 2.23. The predicted molar refractivity (Wildman–Crippen MR) is 134 cm³/mol. The molecule has 1 aromatic heterocycles. The number of halogens is 2. The first kappa shape index (κ1) is 26.7. The Bertz CT molecular complexity index is 1290. The number of aromatic nitrogens is 1. The summed E-state index contributed by atoms with van der Waals surface area (Å²) in [5.41, 5.74) is 0.214. The van der Waals surface area contributed by atoms with Crippen LogP contribution in [0.25, 0.3) is 10.9 Å². The molecule has 1 heterocycles. The van der Waals surface area contributed by atoms with Crippen LogP contribution in [0.2, 0.25) is 5.02 Å². The molecule has 7 nitrogen and oxygen atoms in total. The van der Waals surface area contributed by atoms with Crippen LogP contribution in [-0.2, 0) is 6.42 Å². The molecule has 2 N–H and O–H groups in total. The molecule has 1 atom stereocenters. The second kappa shape index (κ2) is 11.2. The molecule has 9 heteroatoms. The van der Waals surface area contributed by atoms with Crippen LogP contribution in [0.5, 0.6) is 5.75 Å². The van der Waals surface area contributed by atoms with E-state index < -0.39 is 28.8 Å². The molecule has 0 aliphatic carbocycles. The molecular weight excluding hydrogens is 475 g/mol. The molecule has 3 rings (SSSR count). The molecule has 0 saturated carbocycles. The van der Waals surface area contributed by atoms with E-state index in [-0.39, 0.29) is 29.4 Å². The molecule has 0 spiro atoms. The number of aromatic carboxylic acids is 1. The van der Waals surface area contributed by atoms with E-state index in [0.29, 0.717) is 35.5 Å². The zero-order chi connectivity index (χ0) is 25.9. The van der Waals surface area contributed by atoms with Gasteiger partial charge >= 0.3 is 5.97 Å². The number of carboxylic acid groups (broad SMARTS) is 1. The maximum Gasteiger partial charge on any atom is 0.341 e. The number of fused-ring (bicyclic) bond motifs is 1. The van der Waals surface area contributed by atoms with E-state index in [1.54, 1.807) is 28.8 Å². The standard InChI is InChI=1S/C26H30ClFN2O5/c1-15(2)22(14-31)30-13-19(26(33)34)25(32)18-11-17(10-16-6-5-7-20(27)24(16)28)23(12-21(18)30)35-9-8-29(3)4/h5-7,11-13,15,22,31H,8-10,14H2,1-4H3,(H,33,34)/t22-/m1/s1. The Hall–Kier alpha value is -2.94. The summed E-state index contributed by atoms with van der Waals surface area (Å²) in [4.78, 5) is 27.0. The lowest BCUT2D eigenvalue weighted by Gasteiger charge is -2.25. The summed E-state index contributed by atoms with van der Waals surface area (Å²) in [5.74, 6) is -1.54. The number of benzene rings is 2. The maximum atomic E-state index is 14.7. The number of aliphatic hydroxyl groups excluding tert-OH is 1. The fraction of sp³-hybridized carbons (Fsp3) is 0.385. The first-order valence-corrected chi connectivity index (χ1v) is 11.7. The van der Waals surface area contributed by atoms with Crippen LogP contribution in [0.3, 0.4) is 0 Å². The van der Waals surface area contributed by atoms with Crippen LogP contribution in [0.1, 0.15) is 41.4 Å². The van der Waals surface area contributed by atoms with Gasteiger partial charge in [0.05, 0.1) is 23.2 Å². The van der Waals surface area contributed by atoms with Crippen LogP contribution in [-0.4, -0.2) is 59.5 Å². The van der Waals surface area contributed by atoms with Gasteiger partial charge in [-0.05, 0) is 43.3 Å². The van der Waals surface area contributed by atoms with Gasteiger partial charge in [-0.2, -0.15) is 0 Å². The molecule has 3 aromatic rings. The van der Waals surface area contributed by atoms with Gasteiger partial charge in [-0.3, -0.25) is 4.79 Å². The van der Waals surface area contributed by atoms with Crippen molar-refractivity contribution in [2.75, 3.05) is 33.9 Å². The van der Waals surface area contributed by atoms with E-state index in [1.807, 2.05) is 32.8 Å². The molecule has 0 fully saturated rings. The Morgan fingerprint density at radius 3 is 2.54 bits per heavy atom. The van der Waals surface area contributed by atoms with Gasteiger partial charge in [0.2, 0.25) is 5.43 Å². The van der Waals surface area contributed by atoms with Crippen LogP contribution in [0.15, 0.2) is 41.3 Å². The van der Waals surface area contributed by atoms with Crippen LogP contribution >= 0.6 is 11.6 Å². The normalized spacial score (nSPS) is 12.5. The third-order valence-corrected chi connectivity index (χ3v) is 6.26. The third-order valence-electron chi connectivity index (χ3n) is 5.97. The average molecular weight is 505 g/mol. The minimum absolute atomic E-state index is 0.0170. The summed E-state index contributed by atoms with van der Waals surface area (Å²) in [6, 6.07) is 7.44. The highest BCUT2D eigenvalue weighted by molar-refractivity contribution is 6.30. The van der Waals surface area contributed by atoms with Crippen molar-refractivity contribution in [1.29, 1.82) is 0 Å². The van der Waals surface area contributed by atoms with Gasteiger partial charge in [-0.15, -0.1) is 0 Å². The molecule has 188 valence electrons. The maximum absolute atomic E-state index is 14.7. The number of likely N-dealkylation sites (N-methyl/N-ethyl adjacent to an activating group) is 1. The Morgan fingerprint density at radius 1 is 1.23 bits per heavy atom. The summed E-state index contributed by atoms with van der Waals surface area (Å²) in [6.45, 7) is 4.51. The number of hydrogen-bond acceptors (Lipinski definition) is 5. The number of carbonyl (C=O) groups is 1. The molecule has 35 heavy (non-hydrogen) atoms. The van der Waals surface area contributed by atoms with Crippen molar-refractivity contribution in [3.8, 4) is 5.75 Å². The largest absolute Gasteiger partial charge is 0.492 e. The molecule has 0 unspecified atom stereocenters. The van der Waals surface area contributed by atoms with Crippen molar-refractivity contribution in [1.82, 2.24) is 9.47 Å². The Balaban J connectivity index is 2.29. The second-order valence-corrected chi connectivity index (χ2v) is 9.50. The molecule has 0 aliphatic heterocycles. The van der Waals surface area contributed by atoms with Gasteiger partial charge < -0.3 is 24.4 Å². The minimum Gasteiger partial charge on any atom is -0.492 e. The second-order valence-electron chi connectivity index (χ2n) is 9.10. The minimum atomic E-state index is -1.36. The number of aliphatic hydroxyl groups is 1. The number of carboxylic acids is 1. The third kappa shape index (κ3) is 5.83. The molecule has 0 bridgehead atoms. The van der Waals surface area contributed by atoms with E-state index in [4.69, 9.17) is 16.3 Å². The van der Waals surface area contributed by atoms with Crippen molar-refractivity contribution in [3.05, 3.63) is 74.3 Å². The Morgan fingerprint density at radius 2 is 1.94 bits per heavy atom. The summed E-state index contributed by atoms with van der Waals surface area (Å²) in [5, 5.41) is 19.9. The van der Waals surface area contributed by atoms with E-state index in [2.05, 4.69) is 0 Å². The van der Waals surface area contributed by atoms with E-state index in [9.17, 15) is 24.2 Å². The van der Waals surface area contributed by atoms with Crippen molar-refractivity contribution < 1.29 is 24.1 Å². The van der Waals surface area contributed by atoms with Gasteiger partial charge in [-0.1, -0.05) is 37.6 Å². The molecule has 0 aliphatic rings. The van der Waals surface area contributed by atoms with E-state index in [0.717, 1.165) is 0 Å². The van der Waals surface area contributed by atoms with Gasteiger partial charge in [0, 0.05) is 30.6 Å². The lowest BCUT2D eigenvalue weighted by atomic mass is 9.98. The van der Waals surface area contributed by atoms with Gasteiger partial charge in [-0.25, -0.2) is 9.18 Å². The Labute approximate surface area is 208 Å². The summed E-state index contributed by atoms with van der Waals surface area (Å²) in [7, 11) is 3.82. The number of rotatable bonds is 10. The fourth-order valence-electron chi connectivity index (χ4n) is 3.97. The SMILES string of the molecule is CC(C)[C@@H](CO)n1cc(C(=O)O)c(=O)c2cc(Cc3cccc(Cl)c3F)c(OCCN(C)C)cc21. The smallest absolute Gasteiger partial charge is 0.341 e. The van der Waals surface area contributed by atoms with Gasteiger partial charge in [0.1, 0.15) is 23.7 Å². The van der Waals surface area contributed by atoms with Crippen molar-refractivity contribution >= 4 is 28.5 Å². The van der Waals surface area contributed by atoms with Crippen LogP contribution in [0, 0.1) is 11.7 Å². The zero-order valence-corrected chi connectivity index (χ0v) is 21.0. The fourth-order valence-corrected chi connectivity index (χ4v) is 4.16. The highest BCUT2D eigenvalue weighted by Crippen LogP contribution is 2.31. The lowest BCUT2D eigenvalue weighted by Crippen LogP contribution is -2.25. The average Bonchev–Trinajstić information content (AvgIpc) is 2.78. The number of nitrogens with zero attached hydrogens (tertiary/aromatic N) is 2. The Kier molecular flexibility index (Phi) is 8.53. The highest BCUT2D eigenvalue weighted by atomic mass is 35.5. The number of ether oxygens (including phenoxy) is 1. The number of hydrogen-bond donors (Lipinski definition) is 2. The summed E-state index contributed by atoms with van der Waals surface area (Å²) >= 11 is 5.96. The van der Waals surface area contributed by atoms with E-state index >= 15 is 0 Å². The topological polar surface area (TPSA) is 92.0 Å². The first-order chi connectivity index (χ1) is 16.5. The van der Waals surface area contributed by atoms with Gasteiger partial charge in [0.15, 0.2) is 0 Å². The van der Waals surface area contributed by atoms with Crippen LogP contribution < -0.4 is 10.2 Å². The molecule has 0 amide bonds. The summed E-state index contributed by atoms with van der Waals surface area (Å²) in [6.07, 6.45) is 1.36. The van der Waals surface area contributed by atoms with Crippen molar-refractivity contribution in [3.63, 3.8) is 0 Å². The molecule has 0 saturated heterocycles. The monoisotopic (exact) mass is 504 g/mol.